The van der Waals surface area contributed by atoms with Crippen LogP contribution in [0.2, 0.25) is 0 Å². The number of likely N-dealkylation sites (N-methyl/N-ethyl adjacent to an activating group) is 1. The minimum atomic E-state index is -0.249. The van der Waals surface area contributed by atoms with Gasteiger partial charge in [0, 0.05) is 25.0 Å². The molecule has 0 fully saturated rings. The highest BCUT2D eigenvalue weighted by Crippen LogP contribution is 2.20. The SMILES string of the molecule is CCN(CC)C(=O)C(C)n1c(C(C)C)c[nH]c1=S. The van der Waals surface area contributed by atoms with Gasteiger partial charge >= 0.3 is 0 Å². The molecular formula is C13H23N3OS. The van der Waals surface area contributed by atoms with E-state index in [1.807, 2.05) is 36.4 Å². The Labute approximate surface area is 114 Å². The lowest BCUT2D eigenvalue weighted by Crippen LogP contribution is -2.36. The van der Waals surface area contributed by atoms with E-state index in [0.717, 1.165) is 18.8 Å². The zero-order valence-electron chi connectivity index (χ0n) is 11.9. The van der Waals surface area contributed by atoms with Gasteiger partial charge in [0.15, 0.2) is 4.77 Å². The Hall–Kier alpha value is -1.10. The van der Waals surface area contributed by atoms with Crippen molar-refractivity contribution in [1.82, 2.24) is 14.5 Å². The van der Waals surface area contributed by atoms with Gasteiger partial charge in [-0.15, -0.1) is 0 Å². The quantitative estimate of drug-likeness (QED) is 0.835. The van der Waals surface area contributed by atoms with E-state index in [4.69, 9.17) is 12.2 Å². The minimum Gasteiger partial charge on any atom is -0.341 e. The van der Waals surface area contributed by atoms with Gasteiger partial charge < -0.3 is 14.5 Å². The monoisotopic (exact) mass is 269 g/mol. The number of H-pyrrole nitrogens is 1. The number of nitrogens with one attached hydrogen (secondary N) is 1. The molecule has 4 nitrogen and oxygen atoms in total. The third kappa shape index (κ3) is 2.83. The van der Waals surface area contributed by atoms with E-state index >= 15 is 0 Å². The van der Waals surface area contributed by atoms with Crippen LogP contribution in [0.4, 0.5) is 0 Å². The highest BCUT2D eigenvalue weighted by Gasteiger charge is 2.23. The van der Waals surface area contributed by atoms with E-state index in [1.54, 1.807) is 0 Å². The van der Waals surface area contributed by atoms with E-state index in [9.17, 15) is 4.79 Å². The Morgan fingerprint density at radius 3 is 2.39 bits per heavy atom. The predicted octanol–water partition coefficient (Wildman–Crippen LogP) is 3.10. The fourth-order valence-corrected chi connectivity index (χ4v) is 2.47. The Morgan fingerprint density at radius 2 is 1.94 bits per heavy atom. The molecule has 0 aliphatic heterocycles. The normalized spacial score (nSPS) is 12.8. The molecule has 18 heavy (non-hydrogen) atoms. The zero-order valence-corrected chi connectivity index (χ0v) is 12.7. The Balaban J connectivity index is 3.10. The number of aromatic nitrogens is 2. The maximum Gasteiger partial charge on any atom is 0.245 e. The van der Waals surface area contributed by atoms with Crippen LogP contribution in [-0.2, 0) is 4.79 Å². The third-order valence-corrected chi connectivity index (χ3v) is 3.57. The number of amides is 1. The molecule has 0 bridgehead atoms. The molecule has 102 valence electrons. The van der Waals surface area contributed by atoms with Gasteiger partial charge in [-0.05, 0) is 38.9 Å². The van der Waals surface area contributed by atoms with Crippen LogP contribution in [0.15, 0.2) is 6.20 Å². The molecule has 0 saturated heterocycles. The van der Waals surface area contributed by atoms with Crippen molar-refractivity contribution in [2.24, 2.45) is 0 Å². The lowest BCUT2D eigenvalue weighted by Gasteiger charge is -2.25. The largest absolute Gasteiger partial charge is 0.341 e. The molecule has 1 rings (SSSR count). The second-order valence-electron chi connectivity index (χ2n) is 4.73. The maximum atomic E-state index is 12.4. The molecule has 1 N–H and O–H groups in total. The summed E-state index contributed by atoms with van der Waals surface area (Å²) in [5.74, 6) is 0.461. The summed E-state index contributed by atoms with van der Waals surface area (Å²) in [6.45, 7) is 11.6. The second-order valence-corrected chi connectivity index (χ2v) is 5.12. The summed E-state index contributed by atoms with van der Waals surface area (Å²) >= 11 is 5.28. The molecule has 1 aromatic heterocycles. The summed E-state index contributed by atoms with van der Waals surface area (Å²) in [7, 11) is 0. The van der Waals surface area contributed by atoms with Gasteiger partial charge in [0.2, 0.25) is 5.91 Å². The summed E-state index contributed by atoms with van der Waals surface area (Å²) in [5, 5.41) is 0. The number of carbonyl (C=O) groups is 1. The average molecular weight is 269 g/mol. The number of imidazole rings is 1. The number of carbonyl (C=O) groups excluding carboxylic acids is 1. The molecule has 1 unspecified atom stereocenters. The van der Waals surface area contributed by atoms with Crippen molar-refractivity contribution in [3.8, 4) is 0 Å². The van der Waals surface area contributed by atoms with Gasteiger partial charge in [-0.1, -0.05) is 13.8 Å². The third-order valence-electron chi connectivity index (χ3n) is 3.25. The first-order chi connectivity index (χ1) is 8.43. The van der Waals surface area contributed by atoms with Crippen molar-refractivity contribution < 1.29 is 4.79 Å². The second kappa shape index (κ2) is 6.18. The molecule has 1 heterocycles. The van der Waals surface area contributed by atoms with Gasteiger partial charge in [0.25, 0.3) is 0 Å². The van der Waals surface area contributed by atoms with E-state index in [0.29, 0.717) is 10.7 Å². The maximum absolute atomic E-state index is 12.4. The molecule has 1 aromatic rings. The van der Waals surface area contributed by atoms with E-state index in [-0.39, 0.29) is 11.9 Å². The van der Waals surface area contributed by atoms with Gasteiger partial charge in [-0.2, -0.15) is 0 Å². The molecule has 0 saturated carbocycles. The lowest BCUT2D eigenvalue weighted by atomic mass is 10.1. The average Bonchev–Trinajstić information content (AvgIpc) is 2.71. The van der Waals surface area contributed by atoms with Crippen molar-refractivity contribution in [3.05, 3.63) is 16.7 Å². The first-order valence-corrected chi connectivity index (χ1v) is 6.93. The van der Waals surface area contributed by atoms with E-state index in [2.05, 4.69) is 18.8 Å². The fourth-order valence-electron chi connectivity index (χ4n) is 2.15. The Kier molecular flexibility index (Phi) is 5.14. The van der Waals surface area contributed by atoms with E-state index < -0.39 is 0 Å². The van der Waals surface area contributed by atoms with Crippen molar-refractivity contribution in [2.75, 3.05) is 13.1 Å². The van der Waals surface area contributed by atoms with Crippen LogP contribution < -0.4 is 0 Å². The highest BCUT2D eigenvalue weighted by molar-refractivity contribution is 7.71. The summed E-state index contributed by atoms with van der Waals surface area (Å²) in [6, 6.07) is -0.249. The van der Waals surface area contributed by atoms with Gasteiger partial charge in [-0.3, -0.25) is 4.79 Å². The minimum absolute atomic E-state index is 0.123. The molecular weight excluding hydrogens is 246 g/mol. The smallest absolute Gasteiger partial charge is 0.245 e. The molecule has 1 amide bonds. The number of aromatic amines is 1. The number of rotatable bonds is 5. The van der Waals surface area contributed by atoms with Crippen LogP contribution in [-0.4, -0.2) is 33.4 Å². The molecule has 5 heteroatoms. The zero-order chi connectivity index (χ0) is 13.9. The Morgan fingerprint density at radius 1 is 1.39 bits per heavy atom. The lowest BCUT2D eigenvalue weighted by molar-refractivity contribution is -0.134. The van der Waals surface area contributed by atoms with Crippen LogP contribution in [0, 0.1) is 4.77 Å². The molecule has 0 aromatic carbocycles. The first-order valence-electron chi connectivity index (χ1n) is 6.52. The molecule has 0 aliphatic carbocycles. The predicted molar refractivity (Wildman–Crippen MR) is 76.3 cm³/mol. The van der Waals surface area contributed by atoms with Crippen molar-refractivity contribution >= 4 is 18.1 Å². The number of nitrogens with zero attached hydrogens (tertiary/aromatic N) is 2. The van der Waals surface area contributed by atoms with Gasteiger partial charge in [-0.25, -0.2) is 0 Å². The molecule has 1 atom stereocenters. The van der Waals surface area contributed by atoms with Gasteiger partial charge in [0.1, 0.15) is 6.04 Å². The van der Waals surface area contributed by atoms with Crippen LogP contribution >= 0.6 is 12.2 Å². The number of hydrogen-bond acceptors (Lipinski definition) is 2. The molecule has 0 radical (unpaired) electrons. The molecule has 0 spiro atoms. The highest BCUT2D eigenvalue weighted by atomic mass is 32.1. The number of hydrogen-bond donors (Lipinski definition) is 1. The van der Waals surface area contributed by atoms with E-state index in [1.165, 1.54) is 0 Å². The summed E-state index contributed by atoms with van der Waals surface area (Å²) in [6.07, 6.45) is 1.90. The van der Waals surface area contributed by atoms with Crippen molar-refractivity contribution in [1.29, 1.82) is 0 Å². The fraction of sp³-hybridized carbons (Fsp3) is 0.692. The summed E-state index contributed by atoms with van der Waals surface area (Å²) in [5.41, 5.74) is 1.08. The first kappa shape index (κ1) is 15.0. The van der Waals surface area contributed by atoms with Crippen LogP contribution in [0.5, 0.6) is 0 Å². The van der Waals surface area contributed by atoms with Crippen LogP contribution in [0.3, 0.4) is 0 Å². The molecule has 0 aliphatic rings. The van der Waals surface area contributed by atoms with Gasteiger partial charge in [0.05, 0.1) is 0 Å². The summed E-state index contributed by atoms with van der Waals surface area (Å²) in [4.78, 5) is 17.2. The standard InChI is InChI=1S/C13H23N3OS/c1-6-15(7-2)12(17)10(5)16-11(9(3)4)8-14-13(16)18/h8-10H,6-7H2,1-5H3,(H,14,18). The topological polar surface area (TPSA) is 41.0 Å². The Bertz CT molecular complexity index is 457. The van der Waals surface area contributed by atoms with Crippen LogP contribution in [0.25, 0.3) is 0 Å². The summed E-state index contributed by atoms with van der Waals surface area (Å²) < 4.78 is 2.55. The van der Waals surface area contributed by atoms with Crippen molar-refractivity contribution in [2.45, 2.75) is 46.6 Å². The van der Waals surface area contributed by atoms with Crippen molar-refractivity contribution in [3.63, 3.8) is 0 Å². The van der Waals surface area contributed by atoms with Crippen LogP contribution in [0.1, 0.15) is 52.3 Å².